The molecule has 0 aromatic heterocycles. The van der Waals surface area contributed by atoms with Crippen LogP contribution in [0.5, 0.6) is 0 Å². The SMILES string of the molecule is CC(C)c1ccc(CN(C)C(=O)C2CNCCO2)cc1. The topological polar surface area (TPSA) is 41.6 Å². The number of rotatable bonds is 4. The summed E-state index contributed by atoms with van der Waals surface area (Å²) >= 11 is 0. The van der Waals surface area contributed by atoms with E-state index in [1.807, 2.05) is 7.05 Å². The van der Waals surface area contributed by atoms with Crippen LogP contribution in [0.1, 0.15) is 30.9 Å². The predicted molar refractivity (Wildman–Crippen MR) is 79.6 cm³/mol. The lowest BCUT2D eigenvalue weighted by molar-refractivity contribution is -0.144. The van der Waals surface area contributed by atoms with E-state index in [9.17, 15) is 4.79 Å². The fourth-order valence-corrected chi connectivity index (χ4v) is 2.33. The molecule has 1 unspecified atom stereocenters. The Morgan fingerprint density at radius 1 is 1.40 bits per heavy atom. The number of likely N-dealkylation sites (N-methyl/N-ethyl adjacent to an activating group) is 1. The molecule has 0 aliphatic carbocycles. The first-order valence-electron chi connectivity index (χ1n) is 7.24. The molecule has 1 N–H and O–H groups in total. The molecule has 1 aliphatic heterocycles. The van der Waals surface area contributed by atoms with Crippen LogP contribution in [0.3, 0.4) is 0 Å². The Hall–Kier alpha value is -1.39. The zero-order valence-electron chi connectivity index (χ0n) is 12.6. The number of carbonyl (C=O) groups is 1. The van der Waals surface area contributed by atoms with Crippen LogP contribution in [-0.4, -0.2) is 43.7 Å². The van der Waals surface area contributed by atoms with E-state index in [4.69, 9.17) is 4.74 Å². The van der Waals surface area contributed by atoms with E-state index in [1.165, 1.54) is 5.56 Å². The molecule has 1 fully saturated rings. The van der Waals surface area contributed by atoms with Crippen molar-refractivity contribution in [3.63, 3.8) is 0 Å². The predicted octanol–water partition coefficient (Wildman–Crippen LogP) is 1.76. The van der Waals surface area contributed by atoms with Crippen molar-refractivity contribution in [2.75, 3.05) is 26.7 Å². The van der Waals surface area contributed by atoms with Crippen molar-refractivity contribution >= 4 is 5.91 Å². The Morgan fingerprint density at radius 2 is 2.10 bits per heavy atom. The summed E-state index contributed by atoms with van der Waals surface area (Å²) in [7, 11) is 1.83. The average molecular weight is 276 g/mol. The molecular formula is C16H24N2O2. The Bertz CT molecular complexity index is 436. The quantitative estimate of drug-likeness (QED) is 0.911. The van der Waals surface area contributed by atoms with Gasteiger partial charge in [-0.05, 0) is 17.0 Å². The minimum atomic E-state index is -0.344. The number of nitrogens with zero attached hydrogens (tertiary/aromatic N) is 1. The molecule has 1 saturated heterocycles. The van der Waals surface area contributed by atoms with Crippen molar-refractivity contribution in [2.24, 2.45) is 0 Å². The van der Waals surface area contributed by atoms with Gasteiger partial charge in [-0.25, -0.2) is 0 Å². The van der Waals surface area contributed by atoms with Gasteiger partial charge in [0, 0.05) is 26.7 Å². The van der Waals surface area contributed by atoms with E-state index in [0.29, 0.717) is 25.6 Å². The zero-order valence-corrected chi connectivity index (χ0v) is 12.6. The number of benzene rings is 1. The number of amides is 1. The molecule has 1 amide bonds. The molecule has 4 nitrogen and oxygen atoms in total. The van der Waals surface area contributed by atoms with Gasteiger partial charge in [0.2, 0.25) is 0 Å². The van der Waals surface area contributed by atoms with Crippen molar-refractivity contribution in [3.8, 4) is 0 Å². The van der Waals surface area contributed by atoms with E-state index in [0.717, 1.165) is 12.1 Å². The largest absolute Gasteiger partial charge is 0.366 e. The van der Waals surface area contributed by atoms with E-state index >= 15 is 0 Å². The Balaban J connectivity index is 1.92. The Kier molecular flexibility index (Phi) is 5.15. The van der Waals surface area contributed by atoms with Crippen molar-refractivity contribution in [1.29, 1.82) is 0 Å². The fraction of sp³-hybridized carbons (Fsp3) is 0.562. The first-order valence-corrected chi connectivity index (χ1v) is 7.24. The number of nitrogens with one attached hydrogen (secondary N) is 1. The van der Waals surface area contributed by atoms with Gasteiger partial charge in [-0.15, -0.1) is 0 Å². The summed E-state index contributed by atoms with van der Waals surface area (Å²) in [5.41, 5.74) is 2.47. The second-order valence-corrected chi connectivity index (χ2v) is 5.65. The fourth-order valence-electron chi connectivity index (χ4n) is 2.33. The summed E-state index contributed by atoms with van der Waals surface area (Å²) in [4.78, 5) is 14.0. The summed E-state index contributed by atoms with van der Waals surface area (Å²) in [6.07, 6.45) is -0.344. The van der Waals surface area contributed by atoms with Crippen LogP contribution in [0.15, 0.2) is 24.3 Å². The highest BCUT2D eigenvalue weighted by atomic mass is 16.5. The highest BCUT2D eigenvalue weighted by molar-refractivity contribution is 5.81. The maximum atomic E-state index is 12.2. The van der Waals surface area contributed by atoms with Crippen molar-refractivity contribution in [3.05, 3.63) is 35.4 Å². The molecular weight excluding hydrogens is 252 g/mol. The van der Waals surface area contributed by atoms with E-state index in [2.05, 4.69) is 43.4 Å². The molecule has 1 aromatic rings. The lowest BCUT2D eigenvalue weighted by atomic mass is 10.0. The second kappa shape index (κ2) is 6.86. The van der Waals surface area contributed by atoms with Crippen LogP contribution >= 0.6 is 0 Å². The van der Waals surface area contributed by atoms with Gasteiger partial charge in [-0.1, -0.05) is 38.1 Å². The van der Waals surface area contributed by atoms with Gasteiger partial charge >= 0.3 is 0 Å². The average Bonchev–Trinajstić information content (AvgIpc) is 2.48. The van der Waals surface area contributed by atoms with Gasteiger partial charge in [0.15, 0.2) is 0 Å². The van der Waals surface area contributed by atoms with Gasteiger partial charge in [-0.2, -0.15) is 0 Å². The van der Waals surface area contributed by atoms with Crippen LogP contribution in [0.4, 0.5) is 0 Å². The number of ether oxygens (including phenoxy) is 1. The summed E-state index contributed by atoms with van der Waals surface area (Å²) in [6, 6.07) is 8.46. The third-order valence-corrected chi connectivity index (χ3v) is 3.65. The Labute approximate surface area is 121 Å². The van der Waals surface area contributed by atoms with Crippen molar-refractivity contribution in [2.45, 2.75) is 32.4 Å². The molecule has 0 saturated carbocycles. The third-order valence-electron chi connectivity index (χ3n) is 3.65. The van der Waals surface area contributed by atoms with Gasteiger partial charge in [0.05, 0.1) is 6.61 Å². The smallest absolute Gasteiger partial charge is 0.253 e. The number of carbonyl (C=O) groups excluding carboxylic acids is 1. The Morgan fingerprint density at radius 3 is 2.65 bits per heavy atom. The highest BCUT2D eigenvalue weighted by Gasteiger charge is 2.24. The normalized spacial score (nSPS) is 19.1. The maximum Gasteiger partial charge on any atom is 0.253 e. The van der Waals surface area contributed by atoms with E-state index in [-0.39, 0.29) is 12.0 Å². The minimum absolute atomic E-state index is 0.0464. The summed E-state index contributed by atoms with van der Waals surface area (Å²) < 4.78 is 5.50. The molecule has 0 radical (unpaired) electrons. The minimum Gasteiger partial charge on any atom is -0.366 e. The molecule has 1 aliphatic rings. The van der Waals surface area contributed by atoms with E-state index in [1.54, 1.807) is 4.90 Å². The molecule has 1 aromatic carbocycles. The van der Waals surface area contributed by atoms with Gasteiger partial charge in [-0.3, -0.25) is 4.79 Å². The number of hydrogen-bond donors (Lipinski definition) is 1. The van der Waals surface area contributed by atoms with Crippen molar-refractivity contribution < 1.29 is 9.53 Å². The molecule has 1 atom stereocenters. The van der Waals surface area contributed by atoms with Gasteiger partial charge < -0.3 is 15.0 Å². The summed E-state index contributed by atoms with van der Waals surface area (Å²) in [6.45, 7) is 7.01. The standard InChI is InChI=1S/C16H24N2O2/c1-12(2)14-6-4-13(5-7-14)11-18(3)16(19)15-10-17-8-9-20-15/h4-7,12,15,17H,8-11H2,1-3H3. The van der Waals surface area contributed by atoms with Crippen LogP contribution in [0.2, 0.25) is 0 Å². The maximum absolute atomic E-state index is 12.2. The van der Waals surface area contributed by atoms with Crippen LogP contribution < -0.4 is 5.32 Å². The van der Waals surface area contributed by atoms with Gasteiger partial charge in [0.1, 0.15) is 6.10 Å². The lowest BCUT2D eigenvalue weighted by Gasteiger charge is -2.27. The molecule has 110 valence electrons. The molecule has 1 heterocycles. The highest BCUT2D eigenvalue weighted by Crippen LogP contribution is 2.15. The zero-order chi connectivity index (χ0) is 14.5. The number of morpholine rings is 1. The van der Waals surface area contributed by atoms with Gasteiger partial charge in [0.25, 0.3) is 5.91 Å². The third kappa shape index (κ3) is 3.81. The first kappa shape index (κ1) is 15.0. The molecule has 20 heavy (non-hydrogen) atoms. The monoisotopic (exact) mass is 276 g/mol. The second-order valence-electron chi connectivity index (χ2n) is 5.65. The summed E-state index contributed by atoms with van der Waals surface area (Å²) in [5, 5.41) is 3.18. The van der Waals surface area contributed by atoms with Crippen molar-refractivity contribution in [1.82, 2.24) is 10.2 Å². The lowest BCUT2D eigenvalue weighted by Crippen LogP contribution is -2.48. The molecule has 0 bridgehead atoms. The number of hydrogen-bond acceptors (Lipinski definition) is 3. The van der Waals surface area contributed by atoms with E-state index < -0.39 is 0 Å². The molecule has 0 spiro atoms. The van der Waals surface area contributed by atoms with Crippen LogP contribution in [-0.2, 0) is 16.1 Å². The molecule has 2 rings (SSSR count). The first-order chi connectivity index (χ1) is 9.58. The van der Waals surface area contributed by atoms with Crippen LogP contribution in [0.25, 0.3) is 0 Å². The summed E-state index contributed by atoms with van der Waals surface area (Å²) in [5.74, 6) is 0.579. The van der Waals surface area contributed by atoms with Crippen LogP contribution in [0, 0.1) is 0 Å². The molecule has 4 heteroatoms.